The third-order valence-corrected chi connectivity index (χ3v) is 5.42. The van der Waals surface area contributed by atoms with Crippen molar-refractivity contribution in [2.45, 2.75) is 38.1 Å². The summed E-state index contributed by atoms with van der Waals surface area (Å²) in [5, 5.41) is 9.13. The number of rotatable bonds is 4. The Morgan fingerprint density at radius 2 is 2.17 bits per heavy atom. The van der Waals surface area contributed by atoms with E-state index in [0.717, 1.165) is 12.0 Å². The minimum atomic E-state index is -3.18. The molecular weight excluding hydrogens is 270 g/mol. The quantitative estimate of drug-likeness (QED) is 0.881. The topological polar surface area (TPSA) is 98.5 Å². The molecule has 1 amide bonds. The summed E-state index contributed by atoms with van der Waals surface area (Å²) in [4.78, 5) is 12.2. The van der Waals surface area contributed by atoms with Crippen LogP contribution in [0.5, 0.6) is 0 Å². The van der Waals surface area contributed by atoms with E-state index in [1.165, 1.54) is 11.3 Å². The van der Waals surface area contributed by atoms with Gasteiger partial charge in [-0.25, -0.2) is 9.35 Å². The zero-order valence-corrected chi connectivity index (χ0v) is 12.4. The van der Waals surface area contributed by atoms with Crippen molar-refractivity contribution in [2.75, 3.05) is 0 Å². The first-order valence-electron chi connectivity index (χ1n) is 5.66. The molecule has 0 bridgehead atoms. The fraction of sp³-hybridized carbons (Fsp3) is 0.545. The maximum Gasteiger partial charge on any atom is 0.272 e. The lowest BCUT2D eigenvalue weighted by Crippen LogP contribution is -2.36. The lowest BCUT2D eigenvalue weighted by molar-refractivity contribution is -0.119. The zero-order valence-electron chi connectivity index (χ0n) is 10.8. The predicted molar refractivity (Wildman–Crippen MR) is 74.5 cm³/mol. The first-order chi connectivity index (χ1) is 8.29. The van der Waals surface area contributed by atoms with Crippen LogP contribution in [0, 0.1) is 12.8 Å². The van der Waals surface area contributed by atoms with Gasteiger partial charge in [0.25, 0.3) is 5.91 Å². The Hall–Kier alpha value is -0.760. The molecule has 1 rings (SSSR count). The van der Waals surface area contributed by atoms with Gasteiger partial charge in [0.05, 0.1) is 10.9 Å². The molecule has 1 unspecified atom stereocenters. The van der Waals surface area contributed by atoms with E-state index in [1.807, 2.05) is 19.2 Å². The number of carbonyl (C=O) groups excluding carboxylic acids is 1. The van der Waals surface area contributed by atoms with E-state index in [0.29, 0.717) is 4.90 Å². The lowest BCUT2D eigenvalue weighted by Gasteiger charge is -2.14. The highest BCUT2D eigenvalue weighted by atomic mass is 32.2. The van der Waals surface area contributed by atoms with Crippen LogP contribution in [0.15, 0.2) is 20.0 Å². The maximum absolute atomic E-state index is 12.2. The number of thiophene rings is 1. The van der Waals surface area contributed by atoms with Crippen LogP contribution in [-0.4, -0.2) is 16.2 Å². The first-order valence-corrected chi connectivity index (χ1v) is 8.18. The second-order valence-electron chi connectivity index (χ2n) is 4.33. The largest absolute Gasteiger partial charge is 0.320 e. The van der Waals surface area contributed by atoms with Gasteiger partial charge in [0, 0.05) is 5.38 Å². The Labute approximate surface area is 112 Å². The summed E-state index contributed by atoms with van der Waals surface area (Å²) in [5.41, 5.74) is 6.53. The Morgan fingerprint density at radius 1 is 1.56 bits per heavy atom. The van der Waals surface area contributed by atoms with Crippen LogP contribution in [0.25, 0.3) is 0 Å². The van der Waals surface area contributed by atoms with Gasteiger partial charge in [0.15, 0.2) is 0 Å². The van der Waals surface area contributed by atoms with Crippen LogP contribution in [0.3, 0.4) is 0 Å². The summed E-state index contributed by atoms with van der Waals surface area (Å²) in [6.45, 7) is 5.57. The van der Waals surface area contributed by atoms with E-state index < -0.39 is 21.9 Å². The molecule has 102 valence electrons. The molecule has 7 heteroatoms. The van der Waals surface area contributed by atoms with E-state index in [-0.39, 0.29) is 5.92 Å². The summed E-state index contributed by atoms with van der Waals surface area (Å²) in [7, 11) is -3.18. The zero-order chi connectivity index (χ0) is 13.9. The Kier molecular flexibility index (Phi) is 5.03. The smallest absolute Gasteiger partial charge is 0.272 e. The standard InChI is InChI=1S/C11H19N3O2S2/c1-4-7(2)10(12)11(15)14-18(13,16)9-6-17-5-8(9)3/h5-7,10H,4,12H2,1-3H3,(H2,13,14,15,16)/t7-,10-,18?/m0/s1. The van der Waals surface area contributed by atoms with Crippen molar-refractivity contribution in [3.8, 4) is 0 Å². The van der Waals surface area contributed by atoms with Crippen molar-refractivity contribution in [1.82, 2.24) is 0 Å². The summed E-state index contributed by atoms with van der Waals surface area (Å²) < 4.78 is 15.9. The van der Waals surface area contributed by atoms with Crippen LogP contribution >= 0.6 is 11.3 Å². The molecule has 0 radical (unpaired) electrons. The number of hydrogen-bond acceptors (Lipinski definition) is 4. The number of amides is 1. The van der Waals surface area contributed by atoms with Gasteiger partial charge in [-0.3, -0.25) is 4.79 Å². The third kappa shape index (κ3) is 3.38. The van der Waals surface area contributed by atoms with E-state index in [1.54, 1.807) is 12.3 Å². The summed E-state index contributed by atoms with van der Waals surface area (Å²) in [6.07, 6.45) is 0.756. The van der Waals surface area contributed by atoms with Crippen molar-refractivity contribution >= 4 is 27.2 Å². The molecule has 0 spiro atoms. The van der Waals surface area contributed by atoms with Gasteiger partial charge in [-0.05, 0) is 23.8 Å². The molecule has 0 aliphatic rings. The molecule has 18 heavy (non-hydrogen) atoms. The third-order valence-electron chi connectivity index (χ3n) is 2.89. The van der Waals surface area contributed by atoms with E-state index in [2.05, 4.69) is 4.36 Å². The number of nitrogens with zero attached hydrogens (tertiary/aromatic N) is 1. The highest BCUT2D eigenvalue weighted by Gasteiger charge is 2.22. The Bertz CT molecular complexity index is 544. The average molecular weight is 289 g/mol. The molecule has 1 aromatic heterocycles. The summed E-state index contributed by atoms with van der Waals surface area (Å²) in [5.74, 6) is -0.609. The normalized spacial score (nSPS) is 17.8. The predicted octanol–water partition coefficient (Wildman–Crippen LogP) is 1.66. The van der Waals surface area contributed by atoms with Gasteiger partial charge >= 0.3 is 0 Å². The van der Waals surface area contributed by atoms with E-state index in [9.17, 15) is 9.00 Å². The molecule has 0 saturated heterocycles. The fourth-order valence-electron chi connectivity index (χ4n) is 1.39. The molecule has 0 fully saturated rings. The highest BCUT2D eigenvalue weighted by molar-refractivity contribution is 7.91. The molecule has 4 N–H and O–H groups in total. The van der Waals surface area contributed by atoms with Crippen LogP contribution in [0.2, 0.25) is 0 Å². The van der Waals surface area contributed by atoms with Crippen molar-refractivity contribution in [1.29, 1.82) is 0 Å². The van der Waals surface area contributed by atoms with Gasteiger partial charge in [-0.15, -0.1) is 4.36 Å². The number of nitrogens with two attached hydrogens (primary N) is 2. The molecule has 5 nitrogen and oxygen atoms in total. The summed E-state index contributed by atoms with van der Waals surface area (Å²) in [6, 6.07) is -0.752. The van der Waals surface area contributed by atoms with Gasteiger partial charge < -0.3 is 5.73 Å². The fourth-order valence-corrected chi connectivity index (χ4v) is 3.90. The summed E-state index contributed by atoms with van der Waals surface area (Å²) >= 11 is 1.38. The van der Waals surface area contributed by atoms with Crippen molar-refractivity contribution in [3.63, 3.8) is 0 Å². The van der Waals surface area contributed by atoms with E-state index in [4.69, 9.17) is 10.9 Å². The molecule has 3 atom stereocenters. The molecule has 1 heterocycles. The monoisotopic (exact) mass is 289 g/mol. The Balaban J connectivity index is 3.06. The van der Waals surface area contributed by atoms with Crippen molar-refractivity contribution in [3.05, 3.63) is 16.3 Å². The molecule has 0 aliphatic heterocycles. The first kappa shape index (κ1) is 15.3. The number of aryl methyl sites for hydroxylation is 1. The maximum atomic E-state index is 12.2. The van der Waals surface area contributed by atoms with Crippen LogP contribution < -0.4 is 10.9 Å². The highest BCUT2D eigenvalue weighted by Crippen LogP contribution is 2.20. The van der Waals surface area contributed by atoms with Gasteiger partial charge in [-0.1, -0.05) is 20.3 Å². The van der Waals surface area contributed by atoms with Crippen LogP contribution in [0.4, 0.5) is 0 Å². The minimum absolute atomic E-state index is 0.0139. The number of carbonyl (C=O) groups is 1. The van der Waals surface area contributed by atoms with Gasteiger partial charge in [-0.2, -0.15) is 11.3 Å². The SMILES string of the molecule is CC[C@H](C)[C@H](N)C(=O)N=S(N)(=O)c1cscc1C. The van der Waals surface area contributed by atoms with E-state index >= 15 is 0 Å². The van der Waals surface area contributed by atoms with Crippen molar-refractivity contribution < 1.29 is 9.00 Å². The molecule has 1 aromatic rings. The Morgan fingerprint density at radius 3 is 2.61 bits per heavy atom. The molecule has 0 aliphatic carbocycles. The number of hydrogen-bond donors (Lipinski definition) is 2. The van der Waals surface area contributed by atoms with Crippen LogP contribution in [-0.2, 0) is 14.7 Å². The lowest BCUT2D eigenvalue weighted by atomic mass is 10.00. The molecule has 0 saturated carbocycles. The second kappa shape index (κ2) is 5.92. The van der Waals surface area contributed by atoms with Gasteiger partial charge in [0.2, 0.25) is 0 Å². The van der Waals surface area contributed by atoms with Gasteiger partial charge in [0.1, 0.15) is 9.92 Å². The molecular formula is C11H19N3O2S2. The van der Waals surface area contributed by atoms with Crippen molar-refractivity contribution in [2.24, 2.45) is 21.2 Å². The average Bonchev–Trinajstić information content (AvgIpc) is 2.73. The minimum Gasteiger partial charge on any atom is -0.320 e. The van der Waals surface area contributed by atoms with Crippen LogP contribution in [0.1, 0.15) is 25.8 Å². The second-order valence-corrected chi connectivity index (χ2v) is 6.83. The molecule has 0 aromatic carbocycles.